The van der Waals surface area contributed by atoms with Crippen molar-refractivity contribution in [1.82, 2.24) is 5.32 Å². The van der Waals surface area contributed by atoms with Crippen LogP contribution in [0.1, 0.15) is 40.8 Å². The summed E-state index contributed by atoms with van der Waals surface area (Å²) in [7, 11) is -3.85. The van der Waals surface area contributed by atoms with E-state index in [0.29, 0.717) is 0 Å². The maximum Gasteiger partial charge on any atom is 0.274 e. The molecule has 0 aromatic heterocycles. The highest BCUT2D eigenvalue weighted by Crippen LogP contribution is 2.30. The van der Waals surface area contributed by atoms with Crippen molar-refractivity contribution in [3.63, 3.8) is 0 Å². The quantitative estimate of drug-likeness (QED) is 0.531. The molecule has 0 bridgehead atoms. The van der Waals surface area contributed by atoms with Crippen molar-refractivity contribution in [3.05, 3.63) is 68.3 Å². The maximum atomic E-state index is 12.7. The lowest BCUT2D eigenvalue weighted by Crippen LogP contribution is -2.41. The second kappa shape index (κ2) is 8.83. The Labute approximate surface area is 177 Å². The van der Waals surface area contributed by atoms with Crippen LogP contribution in [0.3, 0.4) is 0 Å². The molecular weight excluding hydrogens is 406 g/mol. The van der Waals surface area contributed by atoms with Gasteiger partial charge in [-0.1, -0.05) is 18.2 Å². The number of nitro benzene ring substituents is 1. The molecule has 2 aromatic carbocycles. The minimum Gasteiger partial charge on any atom is -0.348 e. The van der Waals surface area contributed by atoms with Crippen LogP contribution in [-0.4, -0.2) is 32.0 Å². The van der Waals surface area contributed by atoms with Crippen molar-refractivity contribution < 1.29 is 18.1 Å². The summed E-state index contributed by atoms with van der Waals surface area (Å²) < 4.78 is 25.6. The third-order valence-electron chi connectivity index (χ3n) is 5.16. The van der Waals surface area contributed by atoms with Gasteiger partial charge in [-0.25, -0.2) is 8.42 Å². The smallest absolute Gasteiger partial charge is 0.274 e. The first-order valence-corrected chi connectivity index (χ1v) is 11.3. The Morgan fingerprint density at radius 3 is 2.30 bits per heavy atom. The average molecular weight is 434 g/mol. The van der Waals surface area contributed by atoms with Gasteiger partial charge in [0.2, 0.25) is 15.9 Å². The van der Waals surface area contributed by atoms with E-state index >= 15 is 0 Å². The monoisotopic (exact) mass is 433 g/mol. The number of benzene rings is 2. The summed E-state index contributed by atoms with van der Waals surface area (Å²) in [6.07, 6.45) is 0.968. The number of nitrogens with zero attached hydrogens (tertiary/aromatic N) is 2. The van der Waals surface area contributed by atoms with E-state index in [-0.39, 0.29) is 23.0 Å². The number of hydrogen-bond donors (Lipinski definition) is 1. The van der Waals surface area contributed by atoms with Crippen molar-refractivity contribution >= 4 is 27.3 Å². The molecule has 1 N–H and O–H groups in total. The third-order valence-corrected chi connectivity index (χ3v) is 6.28. The second-order valence-corrected chi connectivity index (χ2v) is 9.44. The molecule has 0 aliphatic heterocycles. The van der Waals surface area contributed by atoms with Crippen LogP contribution in [0.5, 0.6) is 0 Å². The van der Waals surface area contributed by atoms with Crippen LogP contribution in [0, 0.1) is 37.8 Å². The molecule has 30 heavy (non-hydrogen) atoms. The van der Waals surface area contributed by atoms with Gasteiger partial charge in [-0.15, -0.1) is 0 Å². The summed E-state index contributed by atoms with van der Waals surface area (Å²) in [6.45, 7) is 8.78. The predicted molar refractivity (Wildman–Crippen MR) is 117 cm³/mol. The first-order chi connectivity index (χ1) is 13.8. The Morgan fingerprint density at radius 2 is 1.73 bits per heavy atom. The van der Waals surface area contributed by atoms with Gasteiger partial charge in [-0.05, 0) is 62.9 Å². The lowest BCUT2D eigenvalue weighted by Gasteiger charge is -2.25. The highest BCUT2D eigenvalue weighted by Gasteiger charge is 2.26. The zero-order chi connectivity index (χ0) is 22.8. The Kier molecular flexibility index (Phi) is 6.87. The number of carbonyl (C=O) groups is 1. The minimum atomic E-state index is -3.85. The van der Waals surface area contributed by atoms with Crippen molar-refractivity contribution in [1.29, 1.82) is 0 Å². The van der Waals surface area contributed by atoms with Gasteiger partial charge in [0.1, 0.15) is 6.54 Å². The number of nitrogens with one attached hydrogen (secondary N) is 1. The first-order valence-electron chi connectivity index (χ1n) is 9.41. The van der Waals surface area contributed by atoms with Gasteiger partial charge in [0.05, 0.1) is 28.5 Å². The van der Waals surface area contributed by atoms with Crippen LogP contribution in [0.2, 0.25) is 0 Å². The first kappa shape index (κ1) is 23.3. The van der Waals surface area contributed by atoms with Crippen LogP contribution < -0.4 is 9.62 Å². The summed E-state index contributed by atoms with van der Waals surface area (Å²) in [5, 5.41) is 14.0. The van der Waals surface area contributed by atoms with E-state index in [1.54, 1.807) is 0 Å². The molecule has 2 rings (SSSR count). The fourth-order valence-electron chi connectivity index (χ4n) is 3.41. The summed E-state index contributed by atoms with van der Waals surface area (Å²) in [5.41, 5.74) is 4.31. The largest absolute Gasteiger partial charge is 0.348 e. The topological polar surface area (TPSA) is 110 Å². The number of carbonyl (C=O) groups excluding carboxylic acids is 1. The van der Waals surface area contributed by atoms with E-state index in [0.717, 1.165) is 32.8 Å². The number of amides is 1. The number of rotatable bonds is 7. The highest BCUT2D eigenvalue weighted by molar-refractivity contribution is 7.92. The van der Waals surface area contributed by atoms with Gasteiger partial charge < -0.3 is 5.32 Å². The zero-order valence-electron chi connectivity index (χ0n) is 18.0. The van der Waals surface area contributed by atoms with Gasteiger partial charge in [-0.3, -0.25) is 19.2 Å². The lowest BCUT2D eigenvalue weighted by atomic mass is 9.96. The van der Waals surface area contributed by atoms with Gasteiger partial charge >= 0.3 is 0 Å². The predicted octanol–water partition coefficient (Wildman–Crippen LogP) is 3.47. The van der Waals surface area contributed by atoms with Crippen molar-refractivity contribution in [2.45, 2.75) is 40.7 Å². The van der Waals surface area contributed by atoms with Gasteiger partial charge in [0, 0.05) is 6.07 Å². The minimum absolute atomic E-state index is 0.108. The molecule has 0 aliphatic carbocycles. The molecule has 0 saturated heterocycles. The summed E-state index contributed by atoms with van der Waals surface area (Å²) in [5.74, 6) is -0.503. The van der Waals surface area contributed by atoms with Gasteiger partial charge in [0.25, 0.3) is 5.69 Å². The second-order valence-electron chi connectivity index (χ2n) is 7.53. The molecule has 1 atom stereocenters. The zero-order valence-corrected chi connectivity index (χ0v) is 18.8. The number of hydrogen-bond acceptors (Lipinski definition) is 5. The fraction of sp³-hybridized carbons (Fsp3) is 0.381. The Morgan fingerprint density at radius 1 is 1.13 bits per heavy atom. The van der Waals surface area contributed by atoms with Gasteiger partial charge in [-0.2, -0.15) is 0 Å². The SMILES string of the molecule is Cc1cc(C)c([C@@H](C)NC(=O)CN(c2cccc([N+](=O)[O-])c2C)S(C)(=O)=O)cc1C. The number of anilines is 1. The Balaban J connectivity index is 2.31. The molecule has 0 aliphatic rings. The van der Waals surface area contributed by atoms with Gasteiger partial charge in [0.15, 0.2) is 0 Å². The van der Waals surface area contributed by atoms with E-state index < -0.39 is 27.4 Å². The number of nitro groups is 1. The van der Waals surface area contributed by atoms with Crippen LogP contribution >= 0.6 is 0 Å². The molecule has 0 unspecified atom stereocenters. The molecule has 0 heterocycles. The lowest BCUT2D eigenvalue weighted by molar-refractivity contribution is -0.385. The third kappa shape index (κ3) is 5.15. The summed E-state index contributed by atoms with van der Waals surface area (Å²) >= 11 is 0. The van der Waals surface area contributed by atoms with E-state index in [4.69, 9.17) is 0 Å². The molecule has 9 heteroatoms. The Bertz CT molecular complexity index is 1100. The summed E-state index contributed by atoms with van der Waals surface area (Å²) in [6, 6.07) is 7.87. The molecule has 2 aromatic rings. The molecule has 1 amide bonds. The molecule has 162 valence electrons. The molecular formula is C21H27N3O5S. The average Bonchev–Trinajstić information content (AvgIpc) is 2.62. The standard InChI is InChI=1S/C21H27N3O5S/c1-13-10-15(3)18(11-14(13)2)17(5)22-21(25)12-23(30(6,28)29)19-8-7-9-20(16(19)4)24(26)27/h7-11,17H,12H2,1-6H3,(H,22,25)/t17-/m1/s1. The fourth-order valence-corrected chi connectivity index (χ4v) is 4.31. The van der Waals surface area contributed by atoms with E-state index in [1.165, 1.54) is 25.1 Å². The number of sulfonamides is 1. The molecule has 0 saturated carbocycles. The van der Waals surface area contributed by atoms with E-state index in [1.807, 2.05) is 39.8 Å². The summed E-state index contributed by atoms with van der Waals surface area (Å²) in [4.78, 5) is 23.3. The highest BCUT2D eigenvalue weighted by atomic mass is 32.2. The van der Waals surface area contributed by atoms with Crippen LogP contribution in [0.25, 0.3) is 0 Å². The van der Waals surface area contributed by atoms with Crippen LogP contribution in [0.4, 0.5) is 11.4 Å². The molecule has 0 fully saturated rings. The van der Waals surface area contributed by atoms with Crippen molar-refractivity contribution in [3.8, 4) is 0 Å². The maximum absolute atomic E-state index is 12.7. The van der Waals surface area contributed by atoms with Crippen LogP contribution in [-0.2, 0) is 14.8 Å². The Hall–Kier alpha value is -2.94. The molecule has 0 spiro atoms. The molecule has 8 nitrogen and oxygen atoms in total. The normalized spacial score (nSPS) is 12.3. The van der Waals surface area contributed by atoms with E-state index in [9.17, 15) is 23.3 Å². The van der Waals surface area contributed by atoms with E-state index in [2.05, 4.69) is 5.32 Å². The van der Waals surface area contributed by atoms with Crippen LogP contribution in [0.15, 0.2) is 30.3 Å². The number of aryl methyl sites for hydroxylation is 3. The van der Waals surface area contributed by atoms with Crippen molar-refractivity contribution in [2.75, 3.05) is 17.1 Å². The van der Waals surface area contributed by atoms with Crippen molar-refractivity contribution in [2.24, 2.45) is 0 Å². The molecule has 0 radical (unpaired) electrons.